The molecule has 0 amide bonds. The second kappa shape index (κ2) is 10.9. The van der Waals surface area contributed by atoms with Crippen molar-refractivity contribution in [3.8, 4) is 0 Å². The van der Waals surface area contributed by atoms with Crippen molar-refractivity contribution >= 4 is 32.9 Å². The van der Waals surface area contributed by atoms with Crippen LogP contribution in [0.25, 0.3) is 0 Å². The molecule has 0 saturated heterocycles. The Morgan fingerprint density at radius 1 is 0.512 bits per heavy atom. The molecule has 0 aromatic heterocycles. The maximum atomic E-state index is 15.4. The molecule has 3 nitrogen and oxygen atoms in total. The van der Waals surface area contributed by atoms with Crippen LogP contribution in [0.1, 0.15) is 5.56 Å². The Kier molecular flexibility index (Phi) is 8.27. The van der Waals surface area contributed by atoms with Crippen molar-refractivity contribution in [2.75, 3.05) is 0 Å². The van der Waals surface area contributed by atoms with Crippen molar-refractivity contribution in [1.82, 2.24) is 0 Å². The molecule has 0 radical (unpaired) electrons. The molecule has 0 spiro atoms. The van der Waals surface area contributed by atoms with Gasteiger partial charge < -0.3 is 0 Å². The van der Waals surface area contributed by atoms with Crippen LogP contribution in [0.4, 0.5) is 39.5 Å². The fraction of sp³-hybridized carbons (Fsp3) is 0.172. The van der Waals surface area contributed by atoms with Gasteiger partial charge in [-0.3, -0.25) is 0 Å². The van der Waals surface area contributed by atoms with Crippen molar-refractivity contribution < 1.29 is 51.9 Å². The zero-order valence-electron chi connectivity index (χ0n) is 21.7. The molecule has 43 heavy (non-hydrogen) atoms. The molecule has 0 aliphatic carbocycles. The SMILES string of the molecule is O=S(=O)(OP(Cc1ccccc1)(c1ccccc1)(c1ccccc1)c1ccccc1)C(F)(F)C(F)(F)C(F)(F)C(F)(F)F. The zero-order chi connectivity index (χ0) is 31.8. The topological polar surface area (TPSA) is 43.4 Å². The van der Waals surface area contributed by atoms with Crippen LogP contribution >= 0.6 is 6.83 Å². The molecule has 4 aromatic rings. The number of hydrogen-bond acceptors (Lipinski definition) is 3. The molecular formula is C29H22F9O3PS. The third-order valence-electron chi connectivity index (χ3n) is 6.93. The summed E-state index contributed by atoms with van der Waals surface area (Å²) in [5.74, 6) is -14.9. The zero-order valence-corrected chi connectivity index (χ0v) is 23.4. The van der Waals surface area contributed by atoms with Crippen LogP contribution in [-0.2, 0) is 20.3 Å². The van der Waals surface area contributed by atoms with E-state index in [0.717, 1.165) is 0 Å². The summed E-state index contributed by atoms with van der Waals surface area (Å²) < 4.78 is 159. The molecule has 0 N–H and O–H groups in total. The van der Waals surface area contributed by atoms with Crippen LogP contribution in [-0.4, -0.2) is 31.7 Å². The van der Waals surface area contributed by atoms with Gasteiger partial charge in [0.25, 0.3) is 0 Å². The summed E-state index contributed by atoms with van der Waals surface area (Å²) in [6.07, 6.45) is -7.83. The van der Waals surface area contributed by atoms with Crippen LogP contribution in [0, 0.1) is 0 Å². The van der Waals surface area contributed by atoms with Crippen molar-refractivity contribution in [1.29, 1.82) is 0 Å². The Bertz CT molecular complexity index is 1550. The molecular weight excluding hydrogens is 630 g/mol. The Morgan fingerprint density at radius 3 is 1.16 bits per heavy atom. The van der Waals surface area contributed by atoms with E-state index >= 15 is 8.78 Å². The van der Waals surface area contributed by atoms with E-state index in [4.69, 9.17) is 3.97 Å². The molecule has 14 heteroatoms. The van der Waals surface area contributed by atoms with Crippen molar-refractivity contribution in [3.05, 3.63) is 127 Å². The van der Waals surface area contributed by atoms with Gasteiger partial charge in [0.15, 0.2) is 0 Å². The number of benzene rings is 4. The minimum absolute atomic E-state index is 0.111. The third kappa shape index (κ3) is 5.01. The van der Waals surface area contributed by atoms with Gasteiger partial charge in [0.2, 0.25) is 0 Å². The Morgan fingerprint density at radius 2 is 0.837 bits per heavy atom. The summed E-state index contributed by atoms with van der Waals surface area (Å²) in [6.45, 7) is -5.61. The number of rotatable bonds is 10. The van der Waals surface area contributed by atoms with Gasteiger partial charge in [0.1, 0.15) is 0 Å². The predicted octanol–water partition coefficient (Wildman–Crippen LogP) is 7.40. The summed E-state index contributed by atoms with van der Waals surface area (Å²) in [4.78, 5) is 0. The van der Waals surface area contributed by atoms with Gasteiger partial charge in [-0.15, -0.1) is 0 Å². The second-order valence-electron chi connectivity index (χ2n) is 9.56. The third-order valence-corrected chi connectivity index (χ3v) is 15.1. The molecule has 4 aromatic carbocycles. The average molecular weight is 653 g/mol. The first-order valence-electron chi connectivity index (χ1n) is 12.3. The monoisotopic (exact) mass is 652 g/mol. The first-order chi connectivity index (χ1) is 19.9. The van der Waals surface area contributed by atoms with E-state index in [2.05, 4.69) is 0 Å². The summed E-state index contributed by atoms with van der Waals surface area (Å²) >= 11 is 0. The van der Waals surface area contributed by atoms with E-state index < -0.39 is 46.4 Å². The maximum absolute atomic E-state index is 15.4. The molecule has 0 aliphatic heterocycles. The first-order valence-corrected chi connectivity index (χ1v) is 16.1. The van der Waals surface area contributed by atoms with E-state index in [0.29, 0.717) is 0 Å². The fourth-order valence-corrected chi connectivity index (χ4v) is 13.4. The van der Waals surface area contributed by atoms with Crippen molar-refractivity contribution in [2.45, 2.75) is 29.4 Å². The van der Waals surface area contributed by atoms with Gasteiger partial charge >= 0.3 is 241 Å². The quantitative estimate of drug-likeness (QED) is 0.133. The summed E-state index contributed by atoms with van der Waals surface area (Å²) in [6, 6.07) is 28.0. The summed E-state index contributed by atoms with van der Waals surface area (Å²) in [5.41, 5.74) is 0.252. The van der Waals surface area contributed by atoms with Crippen LogP contribution in [0.15, 0.2) is 121 Å². The minimum atomic E-state index is -7.48. The molecule has 0 atom stereocenters. The van der Waals surface area contributed by atoms with E-state index in [1.165, 1.54) is 115 Å². The van der Waals surface area contributed by atoms with Crippen LogP contribution in [0.5, 0.6) is 0 Å². The normalized spacial score (nSPS) is 14.6. The standard InChI is InChI=1S/C29H22F9O3PS/c30-26(31,28(34,35)36)27(32,33)29(37,38)43(39,40)41-42(23-15-7-2-8-16-23,24-17-9-3-10-18-24,25-19-11-4-12-20-25)21-22-13-5-1-6-14-22/h1-20H,21H2. The van der Waals surface area contributed by atoms with E-state index in [-0.39, 0.29) is 21.5 Å². The second-order valence-corrected chi connectivity index (χ2v) is 15.9. The van der Waals surface area contributed by atoms with Crippen molar-refractivity contribution in [3.63, 3.8) is 0 Å². The van der Waals surface area contributed by atoms with Crippen LogP contribution in [0.2, 0.25) is 0 Å². The van der Waals surface area contributed by atoms with E-state index in [9.17, 15) is 39.2 Å². The van der Waals surface area contributed by atoms with Gasteiger partial charge in [-0.2, -0.15) is 0 Å². The molecule has 0 heterocycles. The first kappa shape index (κ1) is 32.5. The average Bonchev–Trinajstić information content (AvgIpc) is 2.98. The number of hydrogen-bond donors (Lipinski definition) is 0. The van der Waals surface area contributed by atoms with E-state index in [1.54, 1.807) is 6.07 Å². The van der Waals surface area contributed by atoms with Crippen LogP contribution in [0.3, 0.4) is 0 Å². The molecule has 0 aliphatic rings. The van der Waals surface area contributed by atoms with E-state index in [1.807, 2.05) is 0 Å². The number of alkyl halides is 9. The number of halogens is 9. The Balaban J connectivity index is 2.18. The molecule has 0 fully saturated rings. The molecule has 4 rings (SSSR count). The van der Waals surface area contributed by atoms with Gasteiger partial charge in [0, 0.05) is 0 Å². The Labute approximate surface area is 241 Å². The van der Waals surface area contributed by atoms with Crippen LogP contribution < -0.4 is 15.9 Å². The molecule has 230 valence electrons. The molecule has 0 saturated carbocycles. The fourth-order valence-electron chi connectivity index (χ4n) is 4.82. The molecule has 0 bridgehead atoms. The van der Waals surface area contributed by atoms with Gasteiger partial charge in [-0.25, -0.2) is 0 Å². The molecule has 0 unspecified atom stereocenters. The summed E-state index contributed by atoms with van der Waals surface area (Å²) in [7, 11) is -7.35. The van der Waals surface area contributed by atoms with Gasteiger partial charge in [-0.05, 0) is 0 Å². The predicted molar refractivity (Wildman–Crippen MR) is 146 cm³/mol. The van der Waals surface area contributed by atoms with Crippen molar-refractivity contribution in [2.24, 2.45) is 0 Å². The van der Waals surface area contributed by atoms with Gasteiger partial charge in [0.05, 0.1) is 0 Å². The van der Waals surface area contributed by atoms with Gasteiger partial charge in [-0.1, -0.05) is 0 Å². The Hall–Kier alpha value is -3.41. The summed E-state index contributed by atoms with van der Waals surface area (Å²) in [5, 5.41) is -7.41.